The van der Waals surface area contributed by atoms with E-state index in [9.17, 15) is 9.59 Å². The SMILES string of the molecule is COCCC(=O)N1CC2(CCN(C(=O)c3cscn3)CC2)C1. The van der Waals surface area contributed by atoms with Crippen LogP contribution in [0.4, 0.5) is 0 Å². The molecule has 2 aliphatic rings. The molecule has 0 bridgehead atoms. The maximum absolute atomic E-state index is 12.3. The summed E-state index contributed by atoms with van der Waals surface area (Å²) in [5.41, 5.74) is 2.46. The topological polar surface area (TPSA) is 62.7 Å². The Kier molecular flexibility index (Phi) is 4.44. The van der Waals surface area contributed by atoms with E-state index in [1.807, 2.05) is 9.80 Å². The number of rotatable bonds is 4. The third-order valence-electron chi connectivity index (χ3n) is 4.69. The van der Waals surface area contributed by atoms with Crippen LogP contribution in [0.25, 0.3) is 0 Å². The van der Waals surface area contributed by atoms with Crippen LogP contribution >= 0.6 is 11.3 Å². The molecule has 0 atom stereocenters. The fraction of sp³-hybridized carbons (Fsp3) is 0.667. The Hall–Kier alpha value is -1.47. The Morgan fingerprint density at radius 1 is 1.32 bits per heavy atom. The predicted octanol–water partition coefficient (Wildman–Crippen LogP) is 1.24. The number of aromatic nitrogens is 1. The summed E-state index contributed by atoms with van der Waals surface area (Å²) in [5, 5.41) is 1.80. The third-order valence-corrected chi connectivity index (χ3v) is 5.27. The van der Waals surface area contributed by atoms with Crippen molar-refractivity contribution in [1.82, 2.24) is 14.8 Å². The molecule has 2 saturated heterocycles. The molecule has 0 aromatic carbocycles. The molecule has 3 rings (SSSR count). The van der Waals surface area contributed by atoms with Crippen molar-refractivity contribution in [3.63, 3.8) is 0 Å². The average Bonchev–Trinajstić information content (AvgIpc) is 3.04. The summed E-state index contributed by atoms with van der Waals surface area (Å²) in [6, 6.07) is 0. The van der Waals surface area contributed by atoms with Crippen molar-refractivity contribution >= 4 is 23.2 Å². The molecule has 1 aromatic heterocycles. The van der Waals surface area contributed by atoms with Crippen LogP contribution in [0, 0.1) is 5.41 Å². The van der Waals surface area contributed by atoms with Crippen LogP contribution in [-0.4, -0.2) is 66.5 Å². The average molecular weight is 323 g/mol. The van der Waals surface area contributed by atoms with Gasteiger partial charge in [-0.2, -0.15) is 0 Å². The zero-order chi connectivity index (χ0) is 15.6. The summed E-state index contributed by atoms with van der Waals surface area (Å²) < 4.78 is 4.95. The lowest BCUT2D eigenvalue weighted by molar-refractivity contribution is -0.147. The first kappa shape index (κ1) is 15.4. The van der Waals surface area contributed by atoms with Crippen molar-refractivity contribution in [2.45, 2.75) is 19.3 Å². The van der Waals surface area contributed by atoms with E-state index in [-0.39, 0.29) is 17.2 Å². The fourth-order valence-electron chi connectivity index (χ4n) is 3.27. The molecule has 0 N–H and O–H groups in total. The van der Waals surface area contributed by atoms with Crippen LogP contribution in [0.15, 0.2) is 10.9 Å². The number of hydrogen-bond donors (Lipinski definition) is 0. The number of nitrogens with zero attached hydrogens (tertiary/aromatic N) is 3. The van der Waals surface area contributed by atoms with Gasteiger partial charge in [-0.25, -0.2) is 4.98 Å². The molecule has 0 unspecified atom stereocenters. The van der Waals surface area contributed by atoms with Crippen molar-refractivity contribution in [3.8, 4) is 0 Å². The Morgan fingerprint density at radius 3 is 2.64 bits per heavy atom. The van der Waals surface area contributed by atoms with E-state index in [1.54, 1.807) is 18.0 Å². The van der Waals surface area contributed by atoms with E-state index in [1.165, 1.54) is 11.3 Å². The molecule has 0 saturated carbocycles. The molecule has 3 heterocycles. The second-order valence-corrected chi connectivity index (χ2v) is 6.88. The van der Waals surface area contributed by atoms with Crippen molar-refractivity contribution < 1.29 is 14.3 Å². The lowest BCUT2D eigenvalue weighted by Gasteiger charge is -2.54. The molecule has 1 aromatic rings. The number of carbonyl (C=O) groups excluding carboxylic acids is 2. The lowest BCUT2D eigenvalue weighted by Crippen LogP contribution is -2.62. The van der Waals surface area contributed by atoms with Crippen LogP contribution < -0.4 is 0 Å². The molecule has 0 radical (unpaired) electrons. The minimum absolute atomic E-state index is 0.0310. The zero-order valence-corrected chi connectivity index (χ0v) is 13.6. The van der Waals surface area contributed by atoms with E-state index in [4.69, 9.17) is 4.74 Å². The second-order valence-electron chi connectivity index (χ2n) is 6.16. The van der Waals surface area contributed by atoms with Gasteiger partial charge in [-0.1, -0.05) is 0 Å². The highest BCUT2D eigenvalue weighted by atomic mass is 32.1. The van der Waals surface area contributed by atoms with Gasteiger partial charge in [-0.3, -0.25) is 9.59 Å². The summed E-state index contributed by atoms with van der Waals surface area (Å²) in [6.07, 6.45) is 2.40. The van der Waals surface area contributed by atoms with E-state index in [0.29, 0.717) is 18.7 Å². The number of carbonyl (C=O) groups is 2. The summed E-state index contributed by atoms with van der Waals surface area (Å²) in [7, 11) is 1.61. The van der Waals surface area contributed by atoms with Gasteiger partial charge in [0.2, 0.25) is 5.91 Å². The van der Waals surface area contributed by atoms with E-state index in [0.717, 1.165) is 39.0 Å². The second kappa shape index (κ2) is 6.34. The fourth-order valence-corrected chi connectivity index (χ4v) is 3.79. The maximum Gasteiger partial charge on any atom is 0.273 e. The van der Waals surface area contributed by atoms with Crippen LogP contribution in [-0.2, 0) is 9.53 Å². The van der Waals surface area contributed by atoms with Gasteiger partial charge < -0.3 is 14.5 Å². The van der Waals surface area contributed by atoms with Gasteiger partial charge in [0, 0.05) is 44.1 Å². The van der Waals surface area contributed by atoms with Crippen LogP contribution in [0.2, 0.25) is 0 Å². The smallest absolute Gasteiger partial charge is 0.273 e. The number of thiazole rings is 1. The summed E-state index contributed by atoms with van der Waals surface area (Å²) in [5.74, 6) is 0.205. The summed E-state index contributed by atoms with van der Waals surface area (Å²) in [4.78, 5) is 32.1. The number of hydrogen-bond acceptors (Lipinski definition) is 5. The summed E-state index contributed by atoms with van der Waals surface area (Å²) >= 11 is 1.44. The molecule has 2 amide bonds. The monoisotopic (exact) mass is 323 g/mol. The Morgan fingerprint density at radius 2 is 2.05 bits per heavy atom. The van der Waals surface area contributed by atoms with Gasteiger partial charge in [-0.15, -0.1) is 11.3 Å². The first-order valence-corrected chi connectivity index (χ1v) is 8.52. The number of ether oxygens (including phenoxy) is 1. The first-order chi connectivity index (χ1) is 10.6. The highest BCUT2D eigenvalue weighted by Crippen LogP contribution is 2.40. The zero-order valence-electron chi connectivity index (χ0n) is 12.8. The standard InChI is InChI=1S/C15H21N3O3S/c1-21-7-2-13(19)18-9-15(10-18)3-5-17(6-4-15)14(20)12-8-22-11-16-12/h8,11H,2-7,9-10H2,1H3. The van der Waals surface area contributed by atoms with Crippen molar-refractivity contribution in [1.29, 1.82) is 0 Å². The molecule has 7 heteroatoms. The molecule has 22 heavy (non-hydrogen) atoms. The minimum Gasteiger partial charge on any atom is -0.384 e. The van der Waals surface area contributed by atoms with Gasteiger partial charge >= 0.3 is 0 Å². The molecule has 2 fully saturated rings. The van der Waals surface area contributed by atoms with Gasteiger partial charge in [0.15, 0.2) is 0 Å². The number of likely N-dealkylation sites (tertiary alicyclic amines) is 2. The molecule has 1 spiro atoms. The normalized spacial score (nSPS) is 20.0. The van der Waals surface area contributed by atoms with E-state index in [2.05, 4.69) is 4.98 Å². The highest BCUT2D eigenvalue weighted by Gasteiger charge is 2.47. The van der Waals surface area contributed by atoms with Crippen LogP contribution in [0.5, 0.6) is 0 Å². The van der Waals surface area contributed by atoms with Gasteiger partial charge in [0.1, 0.15) is 5.69 Å². The van der Waals surface area contributed by atoms with E-state index >= 15 is 0 Å². The van der Waals surface area contributed by atoms with Crippen molar-refractivity contribution in [2.24, 2.45) is 5.41 Å². The predicted molar refractivity (Wildman–Crippen MR) is 82.8 cm³/mol. The largest absolute Gasteiger partial charge is 0.384 e. The van der Waals surface area contributed by atoms with Crippen LogP contribution in [0.1, 0.15) is 29.8 Å². The van der Waals surface area contributed by atoms with E-state index < -0.39 is 0 Å². The molecule has 0 aliphatic carbocycles. The number of piperidine rings is 1. The number of amides is 2. The van der Waals surface area contributed by atoms with Crippen LogP contribution in [0.3, 0.4) is 0 Å². The Bertz CT molecular complexity index is 530. The quantitative estimate of drug-likeness (QED) is 0.836. The molecule has 6 nitrogen and oxygen atoms in total. The number of methoxy groups -OCH3 is 1. The Labute approximate surface area is 134 Å². The lowest BCUT2D eigenvalue weighted by atomic mass is 9.72. The molecular weight excluding hydrogens is 302 g/mol. The van der Waals surface area contributed by atoms with Crippen molar-refractivity contribution in [3.05, 3.63) is 16.6 Å². The molecule has 2 aliphatic heterocycles. The molecule has 120 valence electrons. The highest BCUT2D eigenvalue weighted by molar-refractivity contribution is 7.07. The summed E-state index contributed by atoms with van der Waals surface area (Å²) in [6.45, 7) is 3.66. The first-order valence-electron chi connectivity index (χ1n) is 7.58. The van der Waals surface area contributed by atoms with Crippen molar-refractivity contribution in [2.75, 3.05) is 39.9 Å². The third kappa shape index (κ3) is 3.01. The maximum atomic E-state index is 12.3. The minimum atomic E-state index is 0.0310. The molecular formula is C15H21N3O3S. The van der Waals surface area contributed by atoms with Gasteiger partial charge in [0.05, 0.1) is 18.5 Å². The van der Waals surface area contributed by atoms with Gasteiger partial charge in [-0.05, 0) is 12.8 Å². The Balaban J connectivity index is 1.47. The van der Waals surface area contributed by atoms with Gasteiger partial charge in [0.25, 0.3) is 5.91 Å².